The number of rotatable bonds is 3. The lowest BCUT2D eigenvalue weighted by atomic mass is 10.0. The Morgan fingerprint density at radius 3 is 2.85 bits per heavy atom. The molecular weight excluding hydrogens is 182 g/mol. The zero-order chi connectivity index (χ0) is 9.84. The van der Waals surface area contributed by atoms with Crippen molar-refractivity contribution in [3.63, 3.8) is 0 Å². The molecule has 1 aromatic rings. The van der Waals surface area contributed by atoms with E-state index in [1.165, 1.54) is 0 Å². The maximum atomic E-state index is 5.91. The predicted molar refractivity (Wildman–Crippen MR) is 57.9 cm³/mol. The molecule has 1 rings (SSSR count). The monoisotopic (exact) mass is 195 g/mol. The number of hydrogen-bond donors (Lipinski definition) is 1. The van der Waals surface area contributed by atoms with Crippen molar-refractivity contribution in [1.29, 1.82) is 0 Å². The highest BCUT2D eigenvalue weighted by atomic mass is 35.5. The first-order valence-corrected chi connectivity index (χ1v) is 4.65. The number of aryl methyl sites for hydroxylation is 1. The number of nitrogens with two attached hydrogens (primary N) is 1. The minimum Gasteiger partial charge on any atom is -0.324 e. The Hall–Kier alpha value is -0.790. The largest absolute Gasteiger partial charge is 0.324 e. The summed E-state index contributed by atoms with van der Waals surface area (Å²) in [6.45, 7) is 5.64. The van der Waals surface area contributed by atoms with E-state index in [9.17, 15) is 0 Å². The third-order valence-corrected chi connectivity index (χ3v) is 2.45. The van der Waals surface area contributed by atoms with Crippen molar-refractivity contribution < 1.29 is 0 Å². The highest BCUT2D eigenvalue weighted by molar-refractivity contribution is 6.31. The van der Waals surface area contributed by atoms with Crippen LogP contribution in [0.2, 0.25) is 5.02 Å². The average molecular weight is 196 g/mol. The van der Waals surface area contributed by atoms with E-state index < -0.39 is 0 Å². The first-order valence-electron chi connectivity index (χ1n) is 4.27. The lowest BCUT2D eigenvalue weighted by Crippen LogP contribution is -2.08. The molecule has 0 amide bonds. The molecule has 0 aliphatic heterocycles. The molecule has 70 valence electrons. The molecule has 0 saturated carbocycles. The van der Waals surface area contributed by atoms with Gasteiger partial charge in [0.1, 0.15) is 0 Å². The van der Waals surface area contributed by atoms with Crippen LogP contribution in [0, 0.1) is 6.92 Å². The van der Waals surface area contributed by atoms with Gasteiger partial charge in [0.25, 0.3) is 0 Å². The molecular formula is C11H14ClN. The first kappa shape index (κ1) is 10.3. The van der Waals surface area contributed by atoms with E-state index >= 15 is 0 Å². The van der Waals surface area contributed by atoms with E-state index in [0.29, 0.717) is 0 Å². The van der Waals surface area contributed by atoms with Crippen molar-refractivity contribution in [1.82, 2.24) is 0 Å². The van der Waals surface area contributed by atoms with Gasteiger partial charge < -0.3 is 5.73 Å². The van der Waals surface area contributed by atoms with Crippen LogP contribution < -0.4 is 5.73 Å². The minimum absolute atomic E-state index is 0.0356. The summed E-state index contributed by atoms with van der Waals surface area (Å²) in [5.41, 5.74) is 8.09. The molecule has 0 radical (unpaired) electrons. The fraction of sp³-hybridized carbons (Fsp3) is 0.273. The van der Waals surface area contributed by atoms with E-state index in [2.05, 4.69) is 6.58 Å². The van der Waals surface area contributed by atoms with E-state index in [4.69, 9.17) is 17.3 Å². The van der Waals surface area contributed by atoms with E-state index in [-0.39, 0.29) is 6.04 Å². The summed E-state index contributed by atoms with van der Waals surface area (Å²) in [6, 6.07) is 5.91. The van der Waals surface area contributed by atoms with Gasteiger partial charge in [0, 0.05) is 11.1 Å². The summed E-state index contributed by atoms with van der Waals surface area (Å²) < 4.78 is 0. The Kier molecular flexibility index (Phi) is 3.52. The van der Waals surface area contributed by atoms with Crippen LogP contribution in [0.15, 0.2) is 30.9 Å². The third kappa shape index (κ3) is 2.58. The second kappa shape index (κ2) is 4.45. The second-order valence-electron chi connectivity index (χ2n) is 3.14. The van der Waals surface area contributed by atoms with Gasteiger partial charge in [0.15, 0.2) is 0 Å². The summed E-state index contributed by atoms with van der Waals surface area (Å²) in [5, 5.41) is 0.787. The summed E-state index contributed by atoms with van der Waals surface area (Å²) in [5.74, 6) is 0. The van der Waals surface area contributed by atoms with Crippen LogP contribution in [-0.2, 0) is 0 Å². The van der Waals surface area contributed by atoms with Crippen LogP contribution in [-0.4, -0.2) is 0 Å². The lowest BCUT2D eigenvalue weighted by Gasteiger charge is -2.10. The summed E-state index contributed by atoms with van der Waals surface area (Å²) in [4.78, 5) is 0. The SMILES string of the molecule is C=CCC(N)c1ccc(Cl)c(C)c1. The van der Waals surface area contributed by atoms with Gasteiger partial charge in [-0.3, -0.25) is 0 Å². The van der Waals surface area contributed by atoms with Gasteiger partial charge in [-0.15, -0.1) is 6.58 Å². The molecule has 1 nitrogen and oxygen atoms in total. The van der Waals surface area contributed by atoms with E-state index in [0.717, 1.165) is 22.6 Å². The minimum atomic E-state index is 0.0356. The summed E-state index contributed by atoms with van der Waals surface area (Å²) >= 11 is 5.90. The van der Waals surface area contributed by atoms with Crippen molar-refractivity contribution in [2.24, 2.45) is 5.73 Å². The molecule has 0 heterocycles. The van der Waals surface area contributed by atoms with Crippen molar-refractivity contribution in [3.8, 4) is 0 Å². The normalized spacial score (nSPS) is 12.5. The van der Waals surface area contributed by atoms with Gasteiger partial charge in [0.05, 0.1) is 0 Å². The van der Waals surface area contributed by atoms with Crippen molar-refractivity contribution in [2.75, 3.05) is 0 Å². The number of hydrogen-bond acceptors (Lipinski definition) is 1. The lowest BCUT2D eigenvalue weighted by molar-refractivity contribution is 0.741. The van der Waals surface area contributed by atoms with Crippen molar-refractivity contribution in [2.45, 2.75) is 19.4 Å². The molecule has 1 unspecified atom stereocenters. The van der Waals surface area contributed by atoms with E-state index in [1.807, 2.05) is 31.2 Å². The number of halogens is 1. The Labute approximate surface area is 84.2 Å². The van der Waals surface area contributed by atoms with Crippen LogP contribution >= 0.6 is 11.6 Å². The maximum absolute atomic E-state index is 5.91. The molecule has 1 atom stereocenters. The maximum Gasteiger partial charge on any atom is 0.0435 e. The van der Waals surface area contributed by atoms with Gasteiger partial charge in [-0.25, -0.2) is 0 Å². The summed E-state index contributed by atoms with van der Waals surface area (Å²) in [7, 11) is 0. The topological polar surface area (TPSA) is 26.0 Å². The molecule has 0 aliphatic rings. The van der Waals surface area contributed by atoms with Gasteiger partial charge in [0.2, 0.25) is 0 Å². The highest BCUT2D eigenvalue weighted by Crippen LogP contribution is 2.21. The van der Waals surface area contributed by atoms with Gasteiger partial charge >= 0.3 is 0 Å². The van der Waals surface area contributed by atoms with E-state index in [1.54, 1.807) is 0 Å². The Morgan fingerprint density at radius 1 is 1.62 bits per heavy atom. The fourth-order valence-electron chi connectivity index (χ4n) is 1.21. The Morgan fingerprint density at radius 2 is 2.31 bits per heavy atom. The average Bonchev–Trinajstić information content (AvgIpc) is 2.10. The van der Waals surface area contributed by atoms with Crippen molar-refractivity contribution in [3.05, 3.63) is 47.0 Å². The zero-order valence-electron chi connectivity index (χ0n) is 7.76. The second-order valence-corrected chi connectivity index (χ2v) is 3.55. The predicted octanol–water partition coefficient (Wildman–Crippen LogP) is 3.22. The van der Waals surface area contributed by atoms with Crippen LogP contribution in [0.4, 0.5) is 0 Å². The smallest absolute Gasteiger partial charge is 0.0435 e. The quantitative estimate of drug-likeness (QED) is 0.737. The molecule has 0 spiro atoms. The third-order valence-electron chi connectivity index (χ3n) is 2.03. The number of benzene rings is 1. The molecule has 0 aliphatic carbocycles. The molecule has 0 bridgehead atoms. The van der Waals surface area contributed by atoms with Gasteiger partial charge in [-0.05, 0) is 30.5 Å². The molecule has 2 N–H and O–H groups in total. The van der Waals surface area contributed by atoms with Crippen LogP contribution in [0.3, 0.4) is 0 Å². The fourth-order valence-corrected chi connectivity index (χ4v) is 1.33. The van der Waals surface area contributed by atoms with Crippen LogP contribution in [0.1, 0.15) is 23.6 Å². The molecule has 13 heavy (non-hydrogen) atoms. The van der Waals surface area contributed by atoms with Gasteiger partial charge in [-0.2, -0.15) is 0 Å². The van der Waals surface area contributed by atoms with Crippen LogP contribution in [0.25, 0.3) is 0 Å². The molecule has 0 fully saturated rings. The van der Waals surface area contributed by atoms with Crippen molar-refractivity contribution >= 4 is 11.6 Å². The Balaban J connectivity index is 2.89. The van der Waals surface area contributed by atoms with Crippen LogP contribution in [0.5, 0.6) is 0 Å². The standard InChI is InChI=1S/C11H14ClN/c1-3-4-11(13)9-5-6-10(12)8(2)7-9/h3,5-7,11H,1,4,13H2,2H3. The highest BCUT2D eigenvalue weighted by Gasteiger charge is 2.04. The molecule has 1 aromatic carbocycles. The first-order chi connectivity index (χ1) is 6.15. The molecule has 0 saturated heterocycles. The molecule has 0 aromatic heterocycles. The summed E-state index contributed by atoms with van der Waals surface area (Å²) in [6.07, 6.45) is 2.62. The molecule has 2 heteroatoms. The Bertz CT molecular complexity index is 307. The zero-order valence-corrected chi connectivity index (χ0v) is 8.51. The van der Waals surface area contributed by atoms with Gasteiger partial charge in [-0.1, -0.05) is 29.8 Å².